The highest BCUT2D eigenvalue weighted by Gasteiger charge is 2.33. The van der Waals surface area contributed by atoms with E-state index in [-0.39, 0.29) is 21.3 Å². The van der Waals surface area contributed by atoms with Crippen LogP contribution in [0.15, 0.2) is 94.7 Å². The Morgan fingerprint density at radius 3 is 1.88 bits per heavy atom. The predicted octanol–water partition coefficient (Wildman–Crippen LogP) is 8.18. The largest absolute Gasteiger partial charge is 0.573 e. The Hall–Kier alpha value is -3.66. The fraction of sp³-hybridized carbons (Fsp3) is 0.0769. The summed E-state index contributed by atoms with van der Waals surface area (Å²) in [5.41, 5.74) is -1.50. The van der Waals surface area contributed by atoms with Crippen molar-refractivity contribution in [1.29, 1.82) is 0 Å². The smallest absolute Gasteiger partial charge is 0.406 e. The summed E-state index contributed by atoms with van der Waals surface area (Å²) >= 11 is 12.4. The second-order valence-electron chi connectivity index (χ2n) is 8.62. The molecular weight excluding hydrogens is 669 g/mol. The predicted molar refractivity (Wildman–Crippen MR) is 148 cm³/mol. The maximum absolute atomic E-state index is 13.2. The number of hydrogen-bond donors (Lipinski definition) is 2. The molecule has 0 saturated carbocycles. The van der Waals surface area contributed by atoms with Gasteiger partial charge in [0.15, 0.2) is 0 Å². The van der Waals surface area contributed by atoms with Crippen LogP contribution >= 0.6 is 23.2 Å². The summed E-state index contributed by atoms with van der Waals surface area (Å²) in [6.07, 6.45) is -9.87. The Kier molecular flexibility index (Phi) is 8.84. The topological polar surface area (TPSA) is 102 Å². The van der Waals surface area contributed by atoms with E-state index in [0.717, 1.165) is 42.5 Å². The molecule has 0 aliphatic heterocycles. The lowest BCUT2D eigenvalue weighted by atomic mass is 10.0. The van der Waals surface area contributed by atoms with Crippen molar-refractivity contribution in [3.63, 3.8) is 0 Å². The molecule has 2 N–H and O–H groups in total. The van der Waals surface area contributed by atoms with Crippen molar-refractivity contribution in [3.05, 3.63) is 101 Å². The van der Waals surface area contributed by atoms with E-state index < -0.39 is 59.4 Å². The summed E-state index contributed by atoms with van der Waals surface area (Å²) < 4.78 is 138. The van der Waals surface area contributed by atoms with Crippen LogP contribution < -0.4 is 14.2 Å². The first-order chi connectivity index (χ1) is 19.9. The molecule has 0 spiro atoms. The molecule has 4 rings (SSSR count). The van der Waals surface area contributed by atoms with Gasteiger partial charge in [0.05, 0.1) is 36.8 Å². The highest BCUT2D eigenvalue weighted by atomic mass is 35.5. The van der Waals surface area contributed by atoms with Crippen LogP contribution in [0.4, 0.5) is 37.7 Å². The number of ether oxygens (including phenoxy) is 1. The van der Waals surface area contributed by atoms with Crippen molar-refractivity contribution in [2.24, 2.45) is 0 Å². The first-order valence-electron chi connectivity index (χ1n) is 11.5. The van der Waals surface area contributed by atoms with Crippen molar-refractivity contribution >= 4 is 54.6 Å². The normalized spacial score (nSPS) is 12.6. The fourth-order valence-corrected chi connectivity index (χ4v) is 6.28. The molecule has 228 valence electrons. The number of alkyl halides is 6. The molecule has 17 heteroatoms. The lowest BCUT2D eigenvalue weighted by Gasteiger charge is -2.17. The van der Waals surface area contributed by atoms with Gasteiger partial charge in [0.1, 0.15) is 5.75 Å². The lowest BCUT2D eigenvalue weighted by molar-refractivity contribution is -0.274. The Bertz CT molecular complexity index is 1880. The van der Waals surface area contributed by atoms with E-state index in [1.165, 1.54) is 24.3 Å². The number of nitrogens with one attached hydrogen (secondary N) is 2. The van der Waals surface area contributed by atoms with Gasteiger partial charge in [-0.3, -0.25) is 9.44 Å². The van der Waals surface area contributed by atoms with Gasteiger partial charge in [-0.25, -0.2) is 16.8 Å². The molecule has 0 aliphatic carbocycles. The van der Waals surface area contributed by atoms with Gasteiger partial charge in [0, 0.05) is 5.56 Å². The van der Waals surface area contributed by atoms with Crippen LogP contribution in [-0.4, -0.2) is 23.2 Å². The number of benzene rings is 4. The second kappa shape index (κ2) is 11.8. The van der Waals surface area contributed by atoms with E-state index in [0.29, 0.717) is 17.7 Å². The molecule has 0 heterocycles. The third-order valence-corrected chi connectivity index (χ3v) is 9.17. The van der Waals surface area contributed by atoms with Crippen LogP contribution in [0.2, 0.25) is 10.0 Å². The molecule has 0 unspecified atom stereocenters. The van der Waals surface area contributed by atoms with Crippen LogP contribution in [-0.2, 0) is 26.2 Å². The van der Waals surface area contributed by atoms with E-state index in [1.807, 2.05) is 0 Å². The van der Waals surface area contributed by atoms with Gasteiger partial charge in [-0.05, 0) is 66.2 Å². The van der Waals surface area contributed by atoms with Gasteiger partial charge in [0.2, 0.25) is 0 Å². The molecule has 0 atom stereocenters. The fourth-order valence-electron chi connectivity index (χ4n) is 3.68. The Labute approximate surface area is 251 Å². The van der Waals surface area contributed by atoms with Crippen LogP contribution in [0.25, 0.3) is 11.1 Å². The molecule has 0 saturated heterocycles. The van der Waals surface area contributed by atoms with Crippen molar-refractivity contribution in [2.45, 2.75) is 22.3 Å². The van der Waals surface area contributed by atoms with Gasteiger partial charge in [-0.2, -0.15) is 13.2 Å². The van der Waals surface area contributed by atoms with Crippen LogP contribution in [0.3, 0.4) is 0 Å². The van der Waals surface area contributed by atoms with E-state index in [9.17, 15) is 43.2 Å². The van der Waals surface area contributed by atoms with E-state index in [2.05, 4.69) is 14.2 Å². The number of hydrogen-bond acceptors (Lipinski definition) is 5. The third kappa shape index (κ3) is 7.84. The summed E-state index contributed by atoms with van der Waals surface area (Å²) in [5, 5.41) is 0.221. The molecule has 0 radical (unpaired) electrons. The molecule has 4 aromatic rings. The minimum Gasteiger partial charge on any atom is -0.406 e. The standard InChI is InChI=1S/C26H16Cl2F6N2O5S2/c27-21-6-2-5-20(24(21)28)15-7-12-22(35-42(37,38)18-10-8-17(9-11-18)41-26(32,33)34)23(13-15)36-43(39,40)19-4-1-3-16(14-19)25(29,30)31/h1-14,35-36H. The van der Waals surface area contributed by atoms with Crippen molar-refractivity contribution < 1.29 is 47.9 Å². The highest BCUT2D eigenvalue weighted by Crippen LogP contribution is 2.38. The Morgan fingerprint density at radius 2 is 1.26 bits per heavy atom. The first kappa shape index (κ1) is 32.3. The summed E-state index contributed by atoms with van der Waals surface area (Å²) in [5.74, 6) is -0.691. The van der Waals surface area contributed by atoms with Crippen molar-refractivity contribution in [2.75, 3.05) is 9.44 Å². The molecule has 0 aromatic heterocycles. The molecular formula is C26H16Cl2F6N2O5S2. The minimum absolute atomic E-state index is 0.0744. The maximum Gasteiger partial charge on any atom is 0.573 e. The molecule has 0 fully saturated rings. The molecule has 7 nitrogen and oxygen atoms in total. The average molecular weight is 685 g/mol. The zero-order valence-electron chi connectivity index (χ0n) is 21.0. The van der Waals surface area contributed by atoms with E-state index in [4.69, 9.17) is 23.2 Å². The highest BCUT2D eigenvalue weighted by molar-refractivity contribution is 7.93. The van der Waals surface area contributed by atoms with Crippen molar-refractivity contribution in [1.82, 2.24) is 0 Å². The van der Waals surface area contributed by atoms with Gasteiger partial charge < -0.3 is 4.74 Å². The third-order valence-electron chi connectivity index (χ3n) is 5.61. The molecule has 0 amide bonds. The summed E-state index contributed by atoms with van der Waals surface area (Å²) in [6, 6.07) is 14.2. The number of rotatable bonds is 8. The Morgan fingerprint density at radius 1 is 0.651 bits per heavy atom. The average Bonchev–Trinajstić information content (AvgIpc) is 2.90. The summed E-state index contributed by atoms with van der Waals surface area (Å²) in [7, 11) is -9.30. The van der Waals surface area contributed by atoms with Crippen LogP contribution in [0.1, 0.15) is 5.56 Å². The second-order valence-corrected chi connectivity index (χ2v) is 12.8. The summed E-state index contributed by atoms with van der Waals surface area (Å²) in [6.45, 7) is 0. The quantitative estimate of drug-likeness (QED) is 0.182. The molecule has 43 heavy (non-hydrogen) atoms. The Balaban J connectivity index is 1.77. The minimum atomic E-state index is -5.02. The number of halogens is 8. The zero-order valence-corrected chi connectivity index (χ0v) is 24.1. The monoisotopic (exact) mass is 684 g/mol. The SMILES string of the molecule is O=S(=O)(Nc1ccc(-c2cccc(Cl)c2Cl)cc1NS(=O)(=O)c1cccc(C(F)(F)F)c1)c1ccc(OC(F)(F)F)cc1. The maximum atomic E-state index is 13.2. The van der Waals surface area contributed by atoms with Crippen molar-refractivity contribution in [3.8, 4) is 16.9 Å². The lowest BCUT2D eigenvalue weighted by Crippen LogP contribution is -2.19. The van der Waals surface area contributed by atoms with Gasteiger partial charge in [0.25, 0.3) is 20.0 Å². The van der Waals surface area contributed by atoms with Gasteiger partial charge in [-0.15, -0.1) is 13.2 Å². The van der Waals surface area contributed by atoms with Gasteiger partial charge >= 0.3 is 12.5 Å². The molecule has 4 aromatic carbocycles. The first-order valence-corrected chi connectivity index (χ1v) is 15.3. The van der Waals surface area contributed by atoms with Gasteiger partial charge in [-0.1, -0.05) is 47.5 Å². The molecule has 0 bridgehead atoms. The number of sulfonamides is 2. The summed E-state index contributed by atoms with van der Waals surface area (Å²) in [4.78, 5) is -1.29. The van der Waals surface area contributed by atoms with E-state index in [1.54, 1.807) is 6.07 Å². The number of anilines is 2. The zero-order chi connectivity index (χ0) is 31.8. The van der Waals surface area contributed by atoms with Crippen LogP contribution in [0, 0.1) is 0 Å². The molecule has 0 aliphatic rings. The van der Waals surface area contributed by atoms with E-state index >= 15 is 0 Å². The van der Waals surface area contributed by atoms with Crippen LogP contribution in [0.5, 0.6) is 5.75 Å².